The molecule has 8 heteroatoms. The lowest BCUT2D eigenvalue weighted by Gasteiger charge is -2.17. The second kappa shape index (κ2) is 7.14. The monoisotopic (exact) mass is 354 g/mol. The van der Waals surface area contributed by atoms with Crippen LogP contribution in [-0.2, 0) is 6.54 Å². The van der Waals surface area contributed by atoms with Crippen molar-refractivity contribution in [2.24, 2.45) is 0 Å². The van der Waals surface area contributed by atoms with Gasteiger partial charge in [0.25, 0.3) is 11.6 Å². The SMILES string of the molecule is CN(Cc1cccc([N+](=O)[O-])c1)C(=O)c1cn[nH]c1-c1ccc(F)cc1. The number of rotatable bonds is 5. The molecular formula is C18H15FN4O3. The summed E-state index contributed by atoms with van der Waals surface area (Å²) in [6.45, 7) is 0.203. The van der Waals surface area contributed by atoms with Gasteiger partial charge in [-0.05, 0) is 29.8 Å². The van der Waals surface area contributed by atoms with E-state index in [-0.39, 0.29) is 24.0 Å². The number of carbonyl (C=O) groups excluding carboxylic acids is 1. The molecule has 0 aliphatic carbocycles. The van der Waals surface area contributed by atoms with Crippen LogP contribution in [0.5, 0.6) is 0 Å². The zero-order valence-corrected chi connectivity index (χ0v) is 13.8. The van der Waals surface area contributed by atoms with Gasteiger partial charge in [-0.2, -0.15) is 5.10 Å². The summed E-state index contributed by atoms with van der Waals surface area (Å²) >= 11 is 0. The predicted octanol–water partition coefficient (Wildman–Crippen LogP) is 3.40. The van der Waals surface area contributed by atoms with Crippen LogP contribution in [0.4, 0.5) is 10.1 Å². The second-order valence-corrected chi connectivity index (χ2v) is 5.75. The van der Waals surface area contributed by atoms with Crippen LogP contribution in [0.1, 0.15) is 15.9 Å². The molecule has 3 aromatic rings. The molecule has 0 atom stereocenters. The van der Waals surface area contributed by atoms with Gasteiger partial charge in [0.2, 0.25) is 0 Å². The van der Waals surface area contributed by atoms with Crippen molar-refractivity contribution in [2.75, 3.05) is 7.05 Å². The minimum atomic E-state index is -0.478. The van der Waals surface area contributed by atoms with E-state index in [1.54, 1.807) is 31.3 Å². The smallest absolute Gasteiger partial charge is 0.269 e. The lowest BCUT2D eigenvalue weighted by Crippen LogP contribution is -2.26. The van der Waals surface area contributed by atoms with Crippen LogP contribution < -0.4 is 0 Å². The van der Waals surface area contributed by atoms with Crippen LogP contribution in [0.15, 0.2) is 54.7 Å². The molecule has 0 fully saturated rings. The first kappa shape index (κ1) is 17.3. The number of hydrogen-bond donors (Lipinski definition) is 1. The topological polar surface area (TPSA) is 92.1 Å². The Labute approximate surface area is 148 Å². The molecule has 1 heterocycles. The number of nitro benzene ring substituents is 1. The molecule has 1 aromatic heterocycles. The van der Waals surface area contributed by atoms with Crippen LogP contribution in [0.25, 0.3) is 11.3 Å². The van der Waals surface area contributed by atoms with E-state index in [0.29, 0.717) is 22.4 Å². The molecule has 1 N–H and O–H groups in total. The fourth-order valence-electron chi connectivity index (χ4n) is 2.60. The lowest BCUT2D eigenvalue weighted by atomic mass is 10.1. The molecule has 0 bridgehead atoms. The highest BCUT2D eigenvalue weighted by Crippen LogP contribution is 2.23. The summed E-state index contributed by atoms with van der Waals surface area (Å²) in [5.41, 5.74) is 2.07. The molecule has 2 aromatic carbocycles. The Morgan fingerprint density at radius 3 is 2.69 bits per heavy atom. The third-order valence-electron chi connectivity index (χ3n) is 3.89. The van der Waals surface area contributed by atoms with Gasteiger partial charge in [0.1, 0.15) is 5.82 Å². The molecular weight excluding hydrogens is 339 g/mol. The number of carbonyl (C=O) groups is 1. The quantitative estimate of drug-likeness (QED) is 0.561. The molecule has 132 valence electrons. The van der Waals surface area contributed by atoms with E-state index in [4.69, 9.17) is 0 Å². The Kier molecular flexibility index (Phi) is 4.74. The Morgan fingerprint density at radius 2 is 2.00 bits per heavy atom. The van der Waals surface area contributed by atoms with Gasteiger partial charge in [0.15, 0.2) is 0 Å². The van der Waals surface area contributed by atoms with Gasteiger partial charge in [-0.25, -0.2) is 4.39 Å². The average molecular weight is 354 g/mol. The molecule has 0 unspecified atom stereocenters. The molecule has 7 nitrogen and oxygen atoms in total. The van der Waals surface area contributed by atoms with Crippen LogP contribution in [0.3, 0.4) is 0 Å². The highest BCUT2D eigenvalue weighted by molar-refractivity contribution is 5.99. The maximum atomic E-state index is 13.1. The third kappa shape index (κ3) is 3.59. The van der Waals surface area contributed by atoms with Crippen molar-refractivity contribution in [3.63, 3.8) is 0 Å². The minimum absolute atomic E-state index is 0.0290. The van der Waals surface area contributed by atoms with Crippen molar-refractivity contribution in [1.82, 2.24) is 15.1 Å². The van der Waals surface area contributed by atoms with Gasteiger partial charge >= 0.3 is 0 Å². The number of amides is 1. The summed E-state index contributed by atoms with van der Waals surface area (Å²) < 4.78 is 13.1. The van der Waals surface area contributed by atoms with Gasteiger partial charge in [-0.1, -0.05) is 12.1 Å². The van der Waals surface area contributed by atoms with E-state index in [0.717, 1.165) is 0 Å². The standard InChI is InChI=1S/C18H15FN4O3/c1-22(11-12-3-2-4-15(9-12)23(25)26)18(24)16-10-20-21-17(16)13-5-7-14(19)8-6-13/h2-10H,11H2,1H3,(H,20,21). The molecule has 0 saturated carbocycles. The fourth-order valence-corrected chi connectivity index (χ4v) is 2.60. The first-order valence-electron chi connectivity index (χ1n) is 7.74. The van der Waals surface area contributed by atoms with Crippen LogP contribution in [0, 0.1) is 15.9 Å². The number of aromatic nitrogens is 2. The number of hydrogen-bond acceptors (Lipinski definition) is 4. The maximum absolute atomic E-state index is 13.1. The van der Waals surface area contributed by atoms with Crippen molar-refractivity contribution >= 4 is 11.6 Å². The number of aromatic amines is 1. The fraction of sp³-hybridized carbons (Fsp3) is 0.111. The van der Waals surface area contributed by atoms with E-state index in [9.17, 15) is 19.3 Å². The normalized spacial score (nSPS) is 10.5. The van der Waals surface area contributed by atoms with Gasteiger partial charge in [-0.3, -0.25) is 20.0 Å². The summed E-state index contributed by atoms with van der Waals surface area (Å²) in [5, 5.41) is 17.5. The second-order valence-electron chi connectivity index (χ2n) is 5.75. The highest BCUT2D eigenvalue weighted by atomic mass is 19.1. The lowest BCUT2D eigenvalue weighted by molar-refractivity contribution is -0.384. The van der Waals surface area contributed by atoms with E-state index < -0.39 is 4.92 Å². The molecule has 3 rings (SSSR count). The number of nitrogens with one attached hydrogen (secondary N) is 1. The van der Waals surface area contributed by atoms with Crippen LogP contribution in [-0.4, -0.2) is 33.0 Å². The molecule has 0 radical (unpaired) electrons. The Morgan fingerprint density at radius 1 is 1.27 bits per heavy atom. The largest absolute Gasteiger partial charge is 0.337 e. The Bertz CT molecular complexity index is 953. The van der Waals surface area contributed by atoms with Crippen molar-refractivity contribution in [3.05, 3.63) is 81.8 Å². The Balaban J connectivity index is 1.82. The van der Waals surface area contributed by atoms with Gasteiger partial charge < -0.3 is 4.90 Å². The van der Waals surface area contributed by atoms with Gasteiger partial charge in [-0.15, -0.1) is 0 Å². The zero-order chi connectivity index (χ0) is 18.7. The highest BCUT2D eigenvalue weighted by Gasteiger charge is 2.19. The molecule has 0 aliphatic rings. The zero-order valence-electron chi connectivity index (χ0n) is 13.8. The Hall–Kier alpha value is -3.55. The van der Waals surface area contributed by atoms with E-state index in [2.05, 4.69) is 10.2 Å². The third-order valence-corrected chi connectivity index (χ3v) is 3.89. The summed E-state index contributed by atoms with van der Waals surface area (Å²) in [4.78, 5) is 24.6. The molecule has 0 aliphatic heterocycles. The van der Waals surface area contributed by atoms with Crippen LogP contribution in [0.2, 0.25) is 0 Å². The van der Waals surface area contributed by atoms with E-state index >= 15 is 0 Å². The molecule has 0 spiro atoms. The molecule has 1 amide bonds. The molecule has 26 heavy (non-hydrogen) atoms. The van der Waals surface area contributed by atoms with Crippen molar-refractivity contribution < 1.29 is 14.1 Å². The summed E-state index contributed by atoms with van der Waals surface area (Å²) in [7, 11) is 1.60. The summed E-state index contributed by atoms with van der Waals surface area (Å²) in [6.07, 6.45) is 1.41. The van der Waals surface area contributed by atoms with Gasteiger partial charge in [0.05, 0.1) is 22.4 Å². The molecule has 0 saturated heterocycles. The van der Waals surface area contributed by atoms with Crippen molar-refractivity contribution in [3.8, 4) is 11.3 Å². The van der Waals surface area contributed by atoms with Gasteiger partial charge in [0, 0.05) is 31.3 Å². The van der Waals surface area contributed by atoms with E-state index in [1.807, 2.05) is 0 Å². The number of H-pyrrole nitrogens is 1. The van der Waals surface area contributed by atoms with Crippen molar-refractivity contribution in [2.45, 2.75) is 6.54 Å². The van der Waals surface area contributed by atoms with Crippen LogP contribution >= 0.6 is 0 Å². The summed E-state index contributed by atoms with van der Waals surface area (Å²) in [5.74, 6) is -0.673. The first-order valence-corrected chi connectivity index (χ1v) is 7.74. The van der Waals surface area contributed by atoms with E-state index in [1.165, 1.54) is 35.4 Å². The predicted molar refractivity (Wildman–Crippen MR) is 92.9 cm³/mol. The summed E-state index contributed by atoms with van der Waals surface area (Å²) in [6, 6.07) is 11.8. The number of non-ortho nitro benzene ring substituents is 1. The average Bonchev–Trinajstić information content (AvgIpc) is 3.11. The minimum Gasteiger partial charge on any atom is -0.337 e. The maximum Gasteiger partial charge on any atom is 0.269 e. The number of nitrogens with zero attached hydrogens (tertiary/aromatic N) is 3. The first-order chi connectivity index (χ1) is 12.5. The van der Waals surface area contributed by atoms with Crippen molar-refractivity contribution in [1.29, 1.82) is 0 Å². The number of nitro groups is 1. The number of benzene rings is 2. The number of halogens is 1.